The number of alkyl halides is 3. The average Bonchev–Trinajstić information content (AvgIpc) is 2.88. The van der Waals surface area contributed by atoms with Gasteiger partial charge in [-0.25, -0.2) is 0 Å². The molecule has 3 aromatic heterocycles. The first-order valence-electron chi connectivity index (χ1n) is 11.3. The minimum atomic E-state index is -4.54. The zero-order chi connectivity index (χ0) is 25.4. The van der Waals surface area contributed by atoms with Gasteiger partial charge in [-0.05, 0) is 48.0 Å². The number of Topliss-reactive ketones (excluding diaryl/α,β-unsaturated/α-hetero) is 1. The highest BCUT2D eigenvalue weighted by molar-refractivity contribution is 6.05. The van der Waals surface area contributed by atoms with Crippen molar-refractivity contribution in [2.45, 2.75) is 25.9 Å². The van der Waals surface area contributed by atoms with E-state index in [9.17, 15) is 22.8 Å². The van der Waals surface area contributed by atoms with Gasteiger partial charge in [0, 0.05) is 59.0 Å². The van der Waals surface area contributed by atoms with Gasteiger partial charge < -0.3 is 0 Å². The van der Waals surface area contributed by atoms with Crippen molar-refractivity contribution in [2.75, 3.05) is 0 Å². The largest absolute Gasteiger partial charge is 0.416 e. The van der Waals surface area contributed by atoms with E-state index < -0.39 is 17.3 Å². The number of carbonyl (C=O) groups excluding carboxylic acids is 1. The summed E-state index contributed by atoms with van der Waals surface area (Å²) in [7, 11) is 0. The van der Waals surface area contributed by atoms with E-state index in [1.165, 1.54) is 22.8 Å². The Bertz CT molecular complexity index is 1670. The van der Waals surface area contributed by atoms with Crippen molar-refractivity contribution >= 4 is 27.6 Å². The Kier molecular flexibility index (Phi) is 5.88. The van der Waals surface area contributed by atoms with E-state index in [1.54, 1.807) is 30.6 Å². The molecule has 0 amide bonds. The molecule has 0 bridgehead atoms. The predicted molar refractivity (Wildman–Crippen MR) is 132 cm³/mol. The standard InChI is InChI=1S/C28H20F3N3O2/c1-2-23(35)14-21-9-6-18(15-32-21)17-7-10-25-24(12-17)27-19(16-33-25)8-11-26(36)34(27)22-5-3-4-20(13-22)28(29,30)31/h3-13,15-16H,2,14H2,1H3. The Balaban J connectivity index is 1.70. The molecule has 0 unspecified atom stereocenters. The van der Waals surface area contributed by atoms with Crippen molar-refractivity contribution < 1.29 is 18.0 Å². The van der Waals surface area contributed by atoms with Crippen molar-refractivity contribution in [1.82, 2.24) is 14.5 Å². The maximum absolute atomic E-state index is 13.4. The van der Waals surface area contributed by atoms with Crippen LogP contribution in [0.4, 0.5) is 13.2 Å². The van der Waals surface area contributed by atoms with Gasteiger partial charge in [0.1, 0.15) is 5.78 Å². The van der Waals surface area contributed by atoms with Gasteiger partial charge in [0.2, 0.25) is 0 Å². The Hall–Kier alpha value is -4.33. The summed E-state index contributed by atoms with van der Waals surface area (Å²) in [5.41, 5.74) is 2.15. The summed E-state index contributed by atoms with van der Waals surface area (Å²) in [6.45, 7) is 1.81. The molecule has 36 heavy (non-hydrogen) atoms. The Labute approximate surface area is 203 Å². The van der Waals surface area contributed by atoms with E-state index in [2.05, 4.69) is 9.97 Å². The summed E-state index contributed by atoms with van der Waals surface area (Å²) in [6, 6.07) is 16.8. The molecule has 0 aliphatic heterocycles. The lowest BCUT2D eigenvalue weighted by Gasteiger charge is -2.15. The number of carbonyl (C=O) groups is 1. The van der Waals surface area contributed by atoms with Crippen LogP contribution >= 0.6 is 0 Å². The van der Waals surface area contributed by atoms with E-state index in [1.807, 2.05) is 25.1 Å². The molecule has 0 atom stereocenters. The second kappa shape index (κ2) is 9.03. The van der Waals surface area contributed by atoms with Crippen LogP contribution < -0.4 is 5.56 Å². The van der Waals surface area contributed by atoms with Gasteiger partial charge in [-0.3, -0.25) is 24.1 Å². The van der Waals surface area contributed by atoms with Crippen LogP contribution in [0.25, 0.3) is 38.6 Å². The first kappa shape index (κ1) is 23.4. The molecule has 3 heterocycles. The molecular weight excluding hydrogens is 467 g/mol. The fourth-order valence-electron chi connectivity index (χ4n) is 4.20. The molecule has 0 N–H and O–H groups in total. The minimum absolute atomic E-state index is 0.103. The number of aromatic nitrogens is 3. The summed E-state index contributed by atoms with van der Waals surface area (Å²) in [5.74, 6) is 0.103. The first-order valence-corrected chi connectivity index (χ1v) is 11.3. The van der Waals surface area contributed by atoms with Gasteiger partial charge in [0.25, 0.3) is 5.56 Å². The first-order chi connectivity index (χ1) is 17.2. The lowest BCUT2D eigenvalue weighted by Crippen LogP contribution is -2.18. The molecule has 5 aromatic rings. The van der Waals surface area contributed by atoms with Gasteiger partial charge in [-0.1, -0.05) is 25.1 Å². The quantitative estimate of drug-likeness (QED) is 0.279. The van der Waals surface area contributed by atoms with Gasteiger partial charge in [-0.15, -0.1) is 0 Å². The zero-order valence-corrected chi connectivity index (χ0v) is 19.2. The fourth-order valence-corrected chi connectivity index (χ4v) is 4.20. The Morgan fingerprint density at radius 2 is 1.72 bits per heavy atom. The van der Waals surface area contributed by atoms with Crippen molar-refractivity contribution in [3.8, 4) is 16.8 Å². The molecule has 0 saturated carbocycles. The molecule has 0 radical (unpaired) electrons. The highest BCUT2D eigenvalue weighted by atomic mass is 19.4. The number of hydrogen-bond acceptors (Lipinski definition) is 4. The molecule has 0 aliphatic rings. The van der Waals surface area contributed by atoms with Crippen molar-refractivity contribution in [2.24, 2.45) is 0 Å². The molecular formula is C28H20F3N3O2. The van der Waals surface area contributed by atoms with Gasteiger partial charge in [0.15, 0.2) is 0 Å². The van der Waals surface area contributed by atoms with E-state index in [-0.39, 0.29) is 17.9 Å². The lowest BCUT2D eigenvalue weighted by atomic mass is 10.0. The Morgan fingerprint density at radius 3 is 2.44 bits per heavy atom. The lowest BCUT2D eigenvalue weighted by molar-refractivity contribution is -0.137. The van der Waals surface area contributed by atoms with E-state index in [4.69, 9.17) is 0 Å². The van der Waals surface area contributed by atoms with Gasteiger partial charge in [-0.2, -0.15) is 13.2 Å². The smallest absolute Gasteiger partial charge is 0.299 e. The van der Waals surface area contributed by atoms with Crippen LogP contribution in [-0.4, -0.2) is 20.3 Å². The number of rotatable bonds is 5. The maximum Gasteiger partial charge on any atom is 0.416 e. The van der Waals surface area contributed by atoms with Crippen LogP contribution in [0.3, 0.4) is 0 Å². The molecule has 180 valence electrons. The molecule has 0 saturated heterocycles. The zero-order valence-electron chi connectivity index (χ0n) is 19.2. The van der Waals surface area contributed by atoms with Gasteiger partial charge in [0.05, 0.1) is 16.6 Å². The molecule has 0 aliphatic carbocycles. The number of fused-ring (bicyclic) bond motifs is 3. The molecule has 0 fully saturated rings. The summed E-state index contributed by atoms with van der Waals surface area (Å²) in [4.78, 5) is 33.6. The van der Waals surface area contributed by atoms with Crippen molar-refractivity contribution in [3.05, 3.63) is 101 Å². The predicted octanol–water partition coefficient (Wildman–Crippen LogP) is 6.14. The number of hydrogen-bond donors (Lipinski definition) is 0. The van der Waals surface area contributed by atoms with Crippen LogP contribution in [0.1, 0.15) is 24.6 Å². The second-order valence-corrected chi connectivity index (χ2v) is 8.46. The maximum atomic E-state index is 13.4. The van der Waals surface area contributed by atoms with E-state index in [0.717, 1.165) is 23.3 Å². The van der Waals surface area contributed by atoms with Crippen LogP contribution in [0.15, 0.2) is 83.9 Å². The molecule has 2 aromatic carbocycles. The van der Waals surface area contributed by atoms with Crippen LogP contribution in [-0.2, 0) is 17.4 Å². The third-order valence-corrected chi connectivity index (χ3v) is 6.08. The third-order valence-electron chi connectivity index (χ3n) is 6.08. The van der Waals surface area contributed by atoms with Crippen molar-refractivity contribution in [1.29, 1.82) is 0 Å². The highest BCUT2D eigenvalue weighted by Gasteiger charge is 2.30. The Morgan fingerprint density at radius 1 is 0.917 bits per heavy atom. The SMILES string of the molecule is CCC(=O)Cc1ccc(-c2ccc3ncc4ccc(=O)n(-c5cccc(C(F)(F)F)c5)c4c3c2)cn1. The normalized spacial score (nSPS) is 11.8. The number of ketones is 1. The summed E-state index contributed by atoms with van der Waals surface area (Å²) >= 11 is 0. The average molecular weight is 487 g/mol. The van der Waals surface area contributed by atoms with E-state index in [0.29, 0.717) is 33.9 Å². The molecule has 8 heteroatoms. The number of benzene rings is 2. The van der Waals surface area contributed by atoms with Crippen LogP contribution in [0.2, 0.25) is 0 Å². The third kappa shape index (κ3) is 4.37. The van der Waals surface area contributed by atoms with Gasteiger partial charge >= 0.3 is 6.18 Å². The highest BCUT2D eigenvalue weighted by Crippen LogP contribution is 2.32. The second-order valence-electron chi connectivity index (χ2n) is 8.46. The summed E-state index contributed by atoms with van der Waals surface area (Å²) in [6.07, 6.45) is -0.546. The van der Waals surface area contributed by atoms with Crippen LogP contribution in [0.5, 0.6) is 0 Å². The molecule has 5 rings (SSSR count). The summed E-state index contributed by atoms with van der Waals surface area (Å²) < 4.78 is 41.5. The van der Waals surface area contributed by atoms with E-state index >= 15 is 0 Å². The summed E-state index contributed by atoms with van der Waals surface area (Å²) in [5, 5.41) is 1.23. The number of halogens is 3. The number of pyridine rings is 3. The molecule has 0 spiro atoms. The fraction of sp³-hybridized carbons (Fsp3) is 0.143. The minimum Gasteiger partial charge on any atom is -0.299 e. The monoisotopic (exact) mass is 487 g/mol. The van der Waals surface area contributed by atoms with Crippen LogP contribution in [0, 0.1) is 0 Å². The van der Waals surface area contributed by atoms with Crippen molar-refractivity contribution in [3.63, 3.8) is 0 Å². The topological polar surface area (TPSA) is 64.8 Å². The number of nitrogens with zero attached hydrogens (tertiary/aromatic N) is 3. The molecule has 5 nitrogen and oxygen atoms in total.